The normalized spacial score (nSPS) is 15.1. The summed E-state index contributed by atoms with van der Waals surface area (Å²) in [6.45, 7) is 4.70. The molecule has 6 nitrogen and oxygen atoms in total. The molecule has 0 saturated carbocycles. The maximum absolute atomic E-state index is 12.3. The Morgan fingerprint density at radius 2 is 1.90 bits per heavy atom. The number of hydrogen-bond acceptors (Lipinski definition) is 3. The number of amides is 3. The van der Waals surface area contributed by atoms with Gasteiger partial charge in [0, 0.05) is 49.6 Å². The van der Waals surface area contributed by atoms with Crippen molar-refractivity contribution in [1.82, 2.24) is 20.1 Å². The van der Waals surface area contributed by atoms with Crippen molar-refractivity contribution < 1.29 is 9.59 Å². The molecule has 7 heteroatoms. The molecule has 1 N–H and O–H groups in total. The van der Waals surface area contributed by atoms with Crippen LogP contribution >= 0.6 is 15.9 Å². The monoisotopic (exact) mass is 340 g/mol. The first-order valence-corrected chi connectivity index (χ1v) is 7.33. The van der Waals surface area contributed by atoms with E-state index >= 15 is 0 Å². The van der Waals surface area contributed by atoms with Gasteiger partial charge in [0.2, 0.25) is 0 Å². The number of carbonyl (C=O) groups excluding carboxylic acids is 2. The van der Waals surface area contributed by atoms with Crippen LogP contribution < -0.4 is 5.32 Å². The van der Waals surface area contributed by atoms with Gasteiger partial charge in [-0.1, -0.05) is 0 Å². The molecule has 3 amide bonds. The van der Waals surface area contributed by atoms with Crippen LogP contribution in [0.1, 0.15) is 17.3 Å². The Morgan fingerprint density at radius 3 is 2.50 bits per heavy atom. The third-order valence-corrected chi connectivity index (χ3v) is 3.57. The molecule has 0 spiro atoms. The third-order valence-electron chi connectivity index (χ3n) is 3.13. The molecule has 1 aliphatic heterocycles. The number of piperazine rings is 1. The zero-order valence-corrected chi connectivity index (χ0v) is 12.9. The van der Waals surface area contributed by atoms with Crippen molar-refractivity contribution >= 4 is 27.9 Å². The van der Waals surface area contributed by atoms with E-state index < -0.39 is 0 Å². The molecule has 1 aliphatic rings. The second kappa shape index (κ2) is 6.69. The van der Waals surface area contributed by atoms with Gasteiger partial charge in [-0.25, -0.2) is 4.79 Å². The molecule has 0 radical (unpaired) electrons. The number of rotatable bonds is 2. The van der Waals surface area contributed by atoms with E-state index in [0.29, 0.717) is 38.3 Å². The average Bonchev–Trinajstić information content (AvgIpc) is 2.47. The van der Waals surface area contributed by atoms with E-state index in [1.165, 1.54) is 0 Å². The molecule has 0 atom stereocenters. The predicted molar refractivity (Wildman–Crippen MR) is 78.5 cm³/mol. The Bertz CT molecular complexity index is 501. The molecule has 0 aromatic carbocycles. The summed E-state index contributed by atoms with van der Waals surface area (Å²) in [6, 6.07) is 1.69. The lowest BCUT2D eigenvalue weighted by molar-refractivity contribution is 0.0665. The minimum atomic E-state index is -0.0660. The van der Waals surface area contributed by atoms with Crippen molar-refractivity contribution in [3.8, 4) is 0 Å². The highest BCUT2D eigenvalue weighted by molar-refractivity contribution is 9.10. The number of hydrogen-bond donors (Lipinski definition) is 1. The van der Waals surface area contributed by atoms with Gasteiger partial charge in [0.05, 0.1) is 5.56 Å². The molecule has 0 bridgehead atoms. The second-order valence-corrected chi connectivity index (χ2v) is 5.42. The van der Waals surface area contributed by atoms with Crippen LogP contribution in [-0.4, -0.2) is 59.4 Å². The van der Waals surface area contributed by atoms with Crippen LogP contribution in [-0.2, 0) is 0 Å². The van der Waals surface area contributed by atoms with E-state index in [0.717, 1.165) is 4.47 Å². The number of carbonyl (C=O) groups is 2. The maximum atomic E-state index is 12.3. The molecular formula is C13H17BrN4O2. The van der Waals surface area contributed by atoms with Crippen LogP contribution in [0, 0.1) is 0 Å². The van der Waals surface area contributed by atoms with Gasteiger partial charge in [0.1, 0.15) is 0 Å². The van der Waals surface area contributed by atoms with Crippen molar-refractivity contribution in [2.24, 2.45) is 0 Å². The minimum absolute atomic E-state index is 0.0469. The van der Waals surface area contributed by atoms with Gasteiger partial charge >= 0.3 is 6.03 Å². The van der Waals surface area contributed by atoms with Gasteiger partial charge in [0.15, 0.2) is 0 Å². The summed E-state index contributed by atoms with van der Waals surface area (Å²) in [7, 11) is 0. The van der Waals surface area contributed by atoms with E-state index in [-0.39, 0.29) is 11.9 Å². The number of halogens is 1. The SMILES string of the molecule is CCNC(=O)N1CCN(C(=O)c2cncc(Br)c2)CC1. The summed E-state index contributed by atoms with van der Waals surface area (Å²) >= 11 is 3.31. The number of urea groups is 1. The first kappa shape index (κ1) is 14.8. The van der Waals surface area contributed by atoms with Crippen molar-refractivity contribution in [2.45, 2.75) is 6.92 Å². The first-order valence-electron chi connectivity index (χ1n) is 6.54. The molecule has 2 heterocycles. The molecule has 1 fully saturated rings. The quantitative estimate of drug-likeness (QED) is 0.883. The van der Waals surface area contributed by atoms with Crippen LogP contribution in [0.3, 0.4) is 0 Å². The standard InChI is InChI=1S/C13H17BrN4O2/c1-2-16-13(20)18-5-3-17(4-6-18)12(19)10-7-11(14)9-15-8-10/h7-9H,2-6H2,1H3,(H,16,20). The Kier molecular flexibility index (Phi) is 4.94. The smallest absolute Gasteiger partial charge is 0.317 e. The fourth-order valence-electron chi connectivity index (χ4n) is 2.09. The van der Waals surface area contributed by atoms with Crippen LogP contribution in [0.15, 0.2) is 22.9 Å². The van der Waals surface area contributed by atoms with Crippen molar-refractivity contribution in [1.29, 1.82) is 0 Å². The summed E-state index contributed by atoms with van der Waals surface area (Å²) in [5, 5.41) is 2.77. The zero-order valence-electron chi connectivity index (χ0n) is 11.3. The predicted octanol–water partition coefficient (Wildman–Crippen LogP) is 1.33. The molecule has 2 rings (SSSR count). The van der Waals surface area contributed by atoms with E-state index in [2.05, 4.69) is 26.2 Å². The lowest BCUT2D eigenvalue weighted by Crippen LogP contribution is -2.53. The summed E-state index contributed by atoms with van der Waals surface area (Å²) in [6.07, 6.45) is 3.20. The number of nitrogens with one attached hydrogen (secondary N) is 1. The topological polar surface area (TPSA) is 65.5 Å². The molecule has 0 unspecified atom stereocenters. The lowest BCUT2D eigenvalue weighted by Gasteiger charge is -2.34. The van der Waals surface area contributed by atoms with Gasteiger partial charge in [-0.05, 0) is 28.9 Å². The van der Waals surface area contributed by atoms with Gasteiger partial charge in [-0.3, -0.25) is 9.78 Å². The highest BCUT2D eigenvalue weighted by atomic mass is 79.9. The van der Waals surface area contributed by atoms with Crippen molar-refractivity contribution in [2.75, 3.05) is 32.7 Å². The Morgan fingerprint density at radius 1 is 1.25 bits per heavy atom. The van der Waals surface area contributed by atoms with Crippen molar-refractivity contribution in [3.63, 3.8) is 0 Å². The molecular weight excluding hydrogens is 324 g/mol. The summed E-state index contributed by atoms with van der Waals surface area (Å²) in [4.78, 5) is 31.5. The number of nitrogens with zero attached hydrogens (tertiary/aromatic N) is 3. The highest BCUT2D eigenvalue weighted by Gasteiger charge is 2.24. The Labute approximate surface area is 126 Å². The molecule has 1 saturated heterocycles. The number of pyridine rings is 1. The number of aromatic nitrogens is 1. The van der Waals surface area contributed by atoms with Gasteiger partial charge in [0.25, 0.3) is 5.91 Å². The fraction of sp³-hybridized carbons (Fsp3) is 0.462. The van der Waals surface area contributed by atoms with Crippen LogP contribution in [0.25, 0.3) is 0 Å². The summed E-state index contributed by atoms with van der Waals surface area (Å²) in [5.41, 5.74) is 0.561. The van der Waals surface area contributed by atoms with Gasteiger partial charge < -0.3 is 15.1 Å². The largest absolute Gasteiger partial charge is 0.338 e. The fourth-order valence-corrected chi connectivity index (χ4v) is 2.45. The minimum Gasteiger partial charge on any atom is -0.338 e. The van der Waals surface area contributed by atoms with E-state index in [1.807, 2.05) is 6.92 Å². The zero-order chi connectivity index (χ0) is 14.5. The molecule has 108 valence electrons. The summed E-state index contributed by atoms with van der Waals surface area (Å²) in [5.74, 6) is -0.0469. The van der Waals surface area contributed by atoms with Gasteiger partial charge in [-0.2, -0.15) is 0 Å². The lowest BCUT2D eigenvalue weighted by atomic mass is 10.2. The molecule has 1 aromatic rings. The highest BCUT2D eigenvalue weighted by Crippen LogP contribution is 2.13. The average molecular weight is 341 g/mol. The first-order chi connectivity index (χ1) is 9.61. The van der Waals surface area contributed by atoms with Crippen molar-refractivity contribution in [3.05, 3.63) is 28.5 Å². The Balaban J connectivity index is 1.93. The molecule has 1 aromatic heterocycles. The molecule has 20 heavy (non-hydrogen) atoms. The third kappa shape index (κ3) is 3.47. The van der Waals surface area contributed by atoms with Crippen LogP contribution in [0.5, 0.6) is 0 Å². The summed E-state index contributed by atoms with van der Waals surface area (Å²) < 4.78 is 0.782. The maximum Gasteiger partial charge on any atom is 0.317 e. The second-order valence-electron chi connectivity index (χ2n) is 4.51. The van der Waals surface area contributed by atoms with E-state index in [4.69, 9.17) is 0 Å². The van der Waals surface area contributed by atoms with E-state index in [1.54, 1.807) is 28.3 Å². The van der Waals surface area contributed by atoms with Gasteiger partial charge in [-0.15, -0.1) is 0 Å². The van der Waals surface area contributed by atoms with E-state index in [9.17, 15) is 9.59 Å². The molecule has 0 aliphatic carbocycles. The van der Waals surface area contributed by atoms with Crippen LogP contribution in [0.2, 0.25) is 0 Å². The Hall–Kier alpha value is -1.63. The van der Waals surface area contributed by atoms with Crippen LogP contribution in [0.4, 0.5) is 4.79 Å².